The first-order valence-electron chi connectivity index (χ1n) is 9.25. The molecule has 3 nitrogen and oxygen atoms in total. The summed E-state index contributed by atoms with van der Waals surface area (Å²) in [5, 5.41) is 21.4. The van der Waals surface area contributed by atoms with Crippen molar-refractivity contribution in [2.24, 2.45) is 34.5 Å². The highest BCUT2D eigenvalue weighted by molar-refractivity contribution is 5.94. The Bertz CT molecular complexity index is 535. The summed E-state index contributed by atoms with van der Waals surface area (Å²) < 4.78 is 0. The molecular formula is C20H32O3. The molecule has 0 aromatic carbocycles. The smallest absolute Gasteiger partial charge is 0.159 e. The van der Waals surface area contributed by atoms with Gasteiger partial charge in [0.15, 0.2) is 5.78 Å². The zero-order chi connectivity index (χ0) is 17.2. The van der Waals surface area contributed by atoms with Crippen LogP contribution >= 0.6 is 0 Å². The lowest BCUT2D eigenvalue weighted by atomic mass is 9.42. The van der Waals surface area contributed by atoms with E-state index in [4.69, 9.17) is 0 Å². The van der Waals surface area contributed by atoms with E-state index in [0.717, 1.165) is 19.3 Å². The van der Waals surface area contributed by atoms with Gasteiger partial charge in [0.05, 0.1) is 12.2 Å². The monoisotopic (exact) mass is 320 g/mol. The summed E-state index contributed by atoms with van der Waals surface area (Å²) in [7, 11) is 0. The fourth-order valence-electron chi connectivity index (χ4n) is 6.50. The van der Waals surface area contributed by atoms with E-state index < -0.39 is 17.6 Å². The molecule has 0 heterocycles. The van der Waals surface area contributed by atoms with Crippen LogP contribution in [0.2, 0.25) is 0 Å². The van der Waals surface area contributed by atoms with Crippen molar-refractivity contribution < 1.29 is 15.0 Å². The van der Waals surface area contributed by atoms with E-state index in [1.54, 1.807) is 0 Å². The summed E-state index contributed by atoms with van der Waals surface area (Å²) >= 11 is 0. The number of aliphatic hydroxyl groups is 2. The van der Waals surface area contributed by atoms with Crippen molar-refractivity contribution >= 4 is 5.78 Å². The van der Waals surface area contributed by atoms with Crippen LogP contribution in [0.4, 0.5) is 0 Å². The summed E-state index contributed by atoms with van der Waals surface area (Å²) in [4.78, 5) is 13.0. The molecule has 3 aliphatic carbocycles. The van der Waals surface area contributed by atoms with Gasteiger partial charge in [-0.25, -0.2) is 0 Å². The molecule has 7 atom stereocenters. The maximum atomic E-state index is 13.0. The Labute approximate surface area is 140 Å². The van der Waals surface area contributed by atoms with Crippen LogP contribution in [0.3, 0.4) is 0 Å². The van der Waals surface area contributed by atoms with Gasteiger partial charge in [0.2, 0.25) is 0 Å². The number of hydrogen-bond acceptors (Lipinski definition) is 3. The molecule has 2 N–H and O–H groups in total. The Morgan fingerprint density at radius 2 is 1.87 bits per heavy atom. The molecule has 0 radical (unpaired) electrons. The van der Waals surface area contributed by atoms with E-state index in [9.17, 15) is 15.0 Å². The highest BCUT2D eigenvalue weighted by atomic mass is 16.3. The minimum absolute atomic E-state index is 0.0450. The van der Waals surface area contributed by atoms with Crippen molar-refractivity contribution in [3.63, 3.8) is 0 Å². The summed E-state index contributed by atoms with van der Waals surface area (Å²) in [6.07, 6.45) is 3.95. The Balaban J connectivity index is 2.09. The van der Waals surface area contributed by atoms with E-state index in [1.165, 1.54) is 5.57 Å². The Kier molecular flexibility index (Phi) is 4.04. The summed E-state index contributed by atoms with van der Waals surface area (Å²) in [6, 6.07) is 0. The largest absolute Gasteiger partial charge is 0.390 e. The van der Waals surface area contributed by atoms with Crippen molar-refractivity contribution in [1.29, 1.82) is 0 Å². The molecule has 0 aromatic rings. The second-order valence-corrected chi connectivity index (χ2v) is 9.11. The number of hydrogen-bond donors (Lipinski definition) is 2. The molecule has 3 heteroatoms. The number of carbonyl (C=O) groups is 1. The molecule has 0 aromatic heterocycles. The van der Waals surface area contributed by atoms with Crippen molar-refractivity contribution in [2.45, 2.75) is 72.5 Å². The predicted octanol–water partition coefficient (Wildman–Crippen LogP) is 3.34. The molecule has 0 saturated heterocycles. The lowest BCUT2D eigenvalue weighted by Crippen LogP contribution is -2.65. The van der Waals surface area contributed by atoms with Crippen LogP contribution in [0.1, 0.15) is 60.3 Å². The molecule has 3 aliphatic rings. The van der Waals surface area contributed by atoms with Gasteiger partial charge < -0.3 is 10.2 Å². The third kappa shape index (κ3) is 2.26. The van der Waals surface area contributed by atoms with Gasteiger partial charge in [-0.05, 0) is 54.9 Å². The normalized spacial score (nSPS) is 49.2. The van der Waals surface area contributed by atoms with Gasteiger partial charge in [-0.3, -0.25) is 4.79 Å². The summed E-state index contributed by atoms with van der Waals surface area (Å²) in [5.41, 5.74) is 0.686. The summed E-state index contributed by atoms with van der Waals surface area (Å²) in [6.45, 7) is 10.8. The van der Waals surface area contributed by atoms with E-state index in [0.29, 0.717) is 18.3 Å². The molecule has 3 rings (SSSR count). The maximum Gasteiger partial charge on any atom is 0.159 e. The van der Waals surface area contributed by atoms with Crippen LogP contribution in [0, 0.1) is 34.5 Å². The molecule has 2 saturated carbocycles. The van der Waals surface area contributed by atoms with Crippen LogP contribution in [-0.4, -0.2) is 28.2 Å². The average molecular weight is 320 g/mol. The van der Waals surface area contributed by atoms with Gasteiger partial charge in [0, 0.05) is 11.3 Å². The molecule has 0 amide bonds. The number of carbonyl (C=O) groups excluding carboxylic acids is 1. The Morgan fingerprint density at radius 1 is 1.22 bits per heavy atom. The van der Waals surface area contributed by atoms with Gasteiger partial charge in [-0.15, -0.1) is 0 Å². The maximum absolute atomic E-state index is 13.0. The van der Waals surface area contributed by atoms with Gasteiger partial charge in [0.25, 0.3) is 0 Å². The average Bonchev–Trinajstić information content (AvgIpc) is 2.47. The molecule has 0 bridgehead atoms. The van der Waals surface area contributed by atoms with Gasteiger partial charge >= 0.3 is 0 Å². The lowest BCUT2D eigenvalue weighted by Gasteiger charge is -2.63. The van der Waals surface area contributed by atoms with Crippen LogP contribution < -0.4 is 0 Å². The second kappa shape index (κ2) is 5.42. The van der Waals surface area contributed by atoms with Gasteiger partial charge in [-0.1, -0.05) is 40.2 Å². The molecule has 23 heavy (non-hydrogen) atoms. The van der Waals surface area contributed by atoms with Crippen molar-refractivity contribution in [3.8, 4) is 0 Å². The van der Waals surface area contributed by atoms with Crippen molar-refractivity contribution in [2.75, 3.05) is 0 Å². The minimum Gasteiger partial charge on any atom is -0.390 e. The quantitative estimate of drug-likeness (QED) is 0.779. The fraction of sp³-hybridized carbons (Fsp3) is 0.850. The van der Waals surface area contributed by atoms with Gasteiger partial charge in [0.1, 0.15) is 0 Å². The number of ketones is 1. The molecular weight excluding hydrogens is 288 g/mol. The van der Waals surface area contributed by atoms with Crippen molar-refractivity contribution in [3.05, 3.63) is 11.6 Å². The van der Waals surface area contributed by atoms with E-state index in [-0.39, 0.29) is 23.0 Å². The van der Waals surface area contributed by atoms with Crippen LogP contribution in [0.25, 0.3) is 0 Å². The van der Waals surface area contributed by atoms with Crippen LogP contribution in [0.5, 0.6) is 0 Å². The number of rotatable bonds is 1. The molecule has 0 aliphatic heterocycles. The second-order valence-electron chi connectivity index (χ2n) is 9.11. The standard InChI is InChI=1S/C20H32O3/c1-6-12-9-14(21)17-13(11(12)2)7-8-16-19(3,4)10-15(22)18(23)20(16,17)5/h9,11,13,15-18,22-23H,6-8,10H2,1-5H3/t11-,13+,15-,16-,17+,18+,20-/m0/s1. The molecule has 130 valence electrons. The molecule has 2 fully saturated rings. The number of fused-ring (bicyclic) bond motifs is 3. The van der Waals surface area contributed by atoms with E-state index in [1.807, 2.05) is 6.08 Å². The zero-order valence-corrected chi connectivity index (χ0v) is 15.2. The highest BCUT2D eigenvalue weighted by Crippen LogP contribution is 2.63. The van der Waals surface area contributed by atoms with Crippen LogP contribution in [-0.2, 0) is 4.79 Å². The van der Waals surface area contributed by atoms with Crippen LogP contribution in [0.15, 0.2) is 11.6 Å². The van der Waals surface area contributed by atoms with E-state index in [2.05, 4.69) is 34.6 Å². The highest BCUT2D eigenvalue weighted by Gasteiger charge is 2.63. The predicted molar refractivity (Wildman–Crippen MR) is 90.8 cm³/mol. The third-order valence-electron chi connectivity index (χ3n) is 7.59. The minimum atomic E-state index is -0.805. The van der Waals surface area contributed by atoms with Crippen molar-refractivity contribution in [1.82, 2.24) is 0 Å². The van der Waals surface area contributed by atoms with Gasteiger partial charge in [-0.2, -0.15) is 0 Å². The first-order valence-corrected chi connectivity index (χ1v) is 9.25. The molecule has 0 spiro atoms. The zero-order valence-electron chi connectivity index (χ0n) is 15.2. The summed E-state index contributed by atoms with van der Waals surface area (Å²) in [5.74, 6) is 1.01. The Hall–Kier alpha value is -0.670. The van der Waals surface area contributed by atoms with E-state index >= 15 is 0 Å². The first-order chi connectivity index (χ1) is 10.6. The first kappa shape index (κ1) is 17.2. The number of aliphatic hydroxyl groups excluding tert-OH is 2. The topological polar surface area (TPSA) is 57.5 Å². The number of allylic oxidation sites excluding steroid dienone is 2. The Morgan fingerprint density at radius 3 is 2.48 bits per heavy atom. The third-order valence-corrected chi connectivity index (χ3v) is 7.59. The lowest BCUT2D eigenvalue weighted by molar-refractivity contribution is -0.212. The SMILES string of the molecule is CCC1=CC(=O)[C@H]2[C@H](CC[C@H]3C(C)(C)C[C@H](O)[C@@H](O)[C@]23C)[C@H]1C. The fourth-order valence-corrected chi connectivity index (χ4v) is 6.50. The molecule has 0 unspecified atom stereocenters.